The molecule has 1 saturated heterocycles. The third-order valence-electron chi connectivity index (χ3n) is 4.57. The molecule has 0 saturated carbocycles. The van der Waals surface area contributed by atoms with Gasteiger partial charge in [0, 0.05) is 12.6 Å². The molecular weight excluding hydrogens is 314 g/mol. The fraction of sp³-hybridized carbons (Fsp3) is 0.286. The minimum Gasteiger partial charge on any atom is -0.497 e. The van der Waals surface area contributed by atoms with Crippen molar-refractivity contribution >= 4 is 12.0 Å². The highest BCUT2D eigenvalue weighted by atomic mass is 16.5. The van der Waals surface area contributed by atoms with Gasteiger partial charge in [0.25, 0.3) is 0 Å². The van der Waals surface area contributed by atoms with Crippen LogP contribution in [-0.2, 0) is 4.79 Å². The molecular formula is C21H23NO3. The molecule has 1 unspecified atom stereocenters. The van der Waals surface area contributed by atoms with Crippen molar-refractivity contribution in [3.05, 3.63) is 65.7 Å². The van der Waals surface area contributed by atoms with Crippen molar-refractivity contribution in [1.29, 1.82) is 0 Å². The van der Waals surface area contributed by atoms with E-state index in [2.05, 4.69) is 0 Å². The number of ether oxygens (including phenoxy) is 2. The molecule has 25 heavy (non-hydrogen) atoms. The molecule has 4 nitrogen and oxygen atoms in total. The molecule has 1 aliphatic heterocycles. The summed E-state index contributed by atoms with van der Waals surface area (Å²) in [6.07, 6.45) is 5.53. The molecule has 1 heterocycles. The van der Waals surface area contributed by atoms with Crippen molar-refractivity contribution in [2.24, 2.45) is 0 Å². The highest BCUT2D eigenvalue weighted by Crippen LogP contribution is 2.33. The summed E-state index contributed by atoms with van der Waals surface area (Å²) in [6, 6.07) is 15.8. The van der Waals surface area contributed by atoms with E-state index in [9.17, 15) is 4.79 Å². The average molecular weight is 337 g/mol. The first-order chi connectivity index (χ1) is 12.2. The van der Waals surface area contributed by atoms with Crippen molar-refractivity contribution in [1.82, 2.24) is 4.90 Å². The molecule has 1 fully saturated rings. The van der Waals surface area contributed by atoms with Crippen LogP contribution < -0.4 is 9.47 Å². The van der Waals surface area contributed by atoms with E-state index in [0.29, 0.717) is 0 Å². The molecule has 1 aliphatic rings. The fourth-order valence-corrected chi connectivity index (χ4v) is 3.18. The van der Waals surface area contributed by atoms with E-state index >= 15 is 0 Å². The summed E-state index contributed by atoms with van der Waals surface area (Å²) in [5.41, 5.74) is 2.14. The lowest BCUT2D eigenvalue weighted by Gasteiger charge is -2.24. The Morgan fingerprint density at radius 2 is 1.60 bits per heavy atom. The molecule has 2 aromatic carbocycles. The summed E-state index contributed by atoms with van der Waals surface area (Å²) in [4.78, 5) is 14.6. The maximum Gasteiger partial charge on any atom is 0.247 e. The highest BCUT2D eigenvalue weighted by Gasteiger charge is 2.28. The first-order valence-corrected chi connectivity index (χ1v) is 8.48. The number of benzene rings is 2. The maximum atomic E-state index is 12.6. The van der Waals surface area contributed by atoms with Crippen molar-refractivity contribution in [3.8, 4) is 11.5 Å². The number of hydrogen-bond donors (Lipinski definition) is 0. The molecule has 0 bridgehead atoms. The molecule has 4 heteroatoms. The standard InChI is InChI=1S/C21H23NO3/c1-24-18-10-5-16(6-11-18)7-14-21(23)22-15-3-4-20(22)17-8-12-19(25-2)13-9-17/h5-14,20H,3-4,15H2,1-2H3/b14-7+. The smallest absolute Gasteiger partial charge is 0.247 e. The topological polar surface area (TPSA) is 38.8 Å². The highest BCUT2D eigenvalue weighted by molar-refractivity contribution is 5.92. The van der Waals surface area contributed by atoms with Gasteiger partial charge in [-0.3, -0.25) is 4.79 Å². The number of nitrogens with zero attached hydrogens (tertiary/aromatic N) is 1. The summed E-state index contributed by atoms with van der Waals surface area (Å²) in [7, 11) is 3.30. The Bertz CT molecular complexity index is 735. The van der Waals surface area contributed by atoms with E-state index in [1.165, 1.54) is 0 Å². The minimum absolute atomic E-state index is 0.0501. The van der Waals surface area contributed by atoms with Crippen LogP contribution in [0.2, 0.25) is 0 Å². The molecule has 1 amide bonds. The van der Waals surface area contributed by atoms with Crippen LogP contribution in [0.15, 0.2) is 54.6 Å². The number of likely N-dealkylation sites (tertiary alicyclic amines) is 1. The molecule has 0 N–H and O–H groups in total. The first-order valence-electron chi connectivity index (χ1n) is 8.48. The molecule has 3 rings (SSSR count). The SMILES string of the molecule is COc1ccc(/C=C/C(=O)N2CCCC2c2ccc(OC)cc2)cc1. The van der Waals surface area contributed by atoms with Crippen LogP contribution in [0.1, 0.15) is 30.0 Å². The number of carbonyl (C=O) groups excluding carboxylic acids is 1. The third-order valence-corrected chi connectivity index (χ3v) is 4.57. The van der Waals surface area contributed by atoms with Gasteiger partial charge in [-0.25, -0.2) is 0 Å². The van der Waals surface area contributed by atoms with Gasteiger partial charge in [0.15, 0.2) is 0 Å². The second-order valence-electron chi connectivity index (χ2n) is 6.07. The third kappa shape index (κ3) is 4.02. The average Bonchev–Trinajstić information content (AvgIpc) is 3.16. The number of amides is 1. The van der Waals surface area contributed by atoms with Crippen LogP contribution in [-0.4, -0.2) is 31.6 Å². The first kappa shape index (κ1) is 17.1. The van der Waals surface area contributed by atoms with E-state index < -0.39 is 0 Å². The number of carbonyl (C=O) groups is 1. The van der Waals surface area contributed by atoms with Crippen LogP contribution in [0.5, 0.6) is 11.5 Å². The van der Waals surface area contributed by atoms with Gasteiger partial charge in [-0.05, 0) is 54.3 Å². The Morgan fingerprint density at radius 1 is 1.00 bits per heavy atom. The van der Waals surface area contributed by atoms with Gasteiger partial charge in [0.2, 0.25) is 5.91 Å². The van der Waals surface area contributed by atoms with Crippen LogP contribution in [0.4, 0.5) is 0 Å². The van der Waals surface area contributed by atoms with E-state index in [0.717, 1.165) is 42.0 Å². The summed E-state index contributed by atoms with van der Waals surface area (Å²) in [6.45, 7) is 0.794. The Labute approximate surface area is 148 Å². The predicted molar refractivity (Wildman–Crippen MR) is 98.7 cm³/mol. The largest absolute Gasteiger partial charge is 0.497 e. The van der Waals surface area contributed by atoms with Gasteiger partial charge in [-0.1, -0.05) is 24.3 Å². The van der Waals surface area contributed by atoms with Crippen LogP contribution in [0, 0.1) is 0 Å². The van der Waals surface area contributed by atoms with Crippen molar-refractivity contribution in [2.45, 2.75) is 18.9 Å². The summed E-state index contributed by atoms with van der Waals surface area (Å²) in [5.74, 6) is 1.69. The molecule has 2 aromatic rings. The number of methoxy groups -OCH3 is 2. The zero-order valence-electron chi connectivity index (χ0n) is 14.6. The number of rotatable bonds is 5. The monoisotopic (exact) mass is 337 g/mol. The fourth-order valence-electron chi connectivity index (χ4n) is 3.18. The van der Waals surface area contributed by atoms with Crippen molar-refractivity contribution in [3.63, 3.8) is 0 Å². The van der Waals surface area contributed by atoms with Crippen molar-refractivity contribution in [2.75, 3.05) is 20.8 Å². The molecule has 0 radical (unpaired) electrons. The summed E-state index contributed by atoms with van der Waals surface area (Å²) >= 11 is 0. The Morgan fingerprint density at radius 3 is 2.20 bits per heavy atom. The maximum absolute atomic E-state index is 12.6. The Hall–Kier alpha value is -2.75. The van der Waals surface area contributed by atoms with Crippen LogP contribution in [0.25, 0.3) is 6.08 Å². The second-order valence-corrected chi connectivity index (χ2v) is 6.07. The summed E-state index contributed by atoms with van der Waals surface area (Å²) in [5, 5.41) is 0. The van der Waals surface area contributed by atoms with Gasteiger partial charge in [-0.2, -0.15) is 0 Å². The van der Waals surface area contributed by atoms with Crippen molar-refractivity contribution < 1.29 is 14.3 Å². The van der Waals surface area contributed by atoms with Crippen LogP contribution in [0.3, 0.4) is 0 Å². The van der Waals surface area contributed by atoms with E-state index in [1.807, 2.05) is 59.5 Å². The van der Waals surface area contributed by atoms with E-state index in [-0.39, 0.29) is 11.9 Å². The van der Waals surface area contributed by atoms with Gasteiger partial charge < -0.3 is 14.4 Å². The molecule has 0 aromatic heterocycles. The normalized spacial score (nSPS) is 17.0. The number of hydrogen-bond acceptors (Lipinski definition) is 3. The lowest BCUT2D eigenvalue weighted by Crippen LogP contribution is -2.28. The minimum atomic E-state index is 0.0501. The zero-order chi connectivity index (χ0) is 17.6. The van der Waals surface area contributed by atoms with E-state index in [1.54, 1.807) is 20.3 Å². The zero-order valence-corrected chi connectivity index (χ0v) is 14.6. The molecule has 1 atom stereocenters. The lowest BCUT2D eigenvalue weighted by molar-refractivity contribution is -0.126. The summed E-state index contributed by atoms with van der Waals surface area (Å²) < 4.78 is 10.4. The van der Waals surface area contributed by atoms with Gasteiger partial charge in [0.1, 0.15) is 11.5 Å². The quantitative estimate of drug-likeness (QED) is 0.772. The van der Waals surface area contributed by atoms with Gasteiger partial charge in [0.05, 0.1) is 20.3 Å². The van der Waals surface area contributed by atoms with E-state index in [4.69, 9.17) is 9.47 Å². The van der Waals surface area contributed by atoms with Crippen LogP contribution >= 0.6 is 0 Å². The Kier molecular flexibility index (Phi) is 5.39. The van der Waals surface area contributed by atoms with Gasteiger partial charge >= 0.3 is 0 Å². The lowest BCUT2D eigenvalue weighted by atomic mass is 10.0. The molecule has 130 valence electrons. The second kappa shape index (κ2) is 7.88. The predicted octanol–water partition coefficient (Wildman–Crippen LogP) is 4.08. The van der Waals surface area contributed by atoms with Gasteiger partial charge in [-0.15, -0.1) is 0 Å². The molecule has 0 spiro atoms. The molecule has 0 aliphatic carbocycles. The Balaban J connectivity index is 1.70.